The third kappa shape index (κ3) is 2.64. The van der Waals surface area contributed by atoms with Crippen LogP contribution < -0.4 is 10.1 Å². The molecular weight excluding hydrogens is 351 g/mol. The van der Waals surface area contributed by atoms with E-state index in [0.717, 1.165) is 37.5 Å². The predicted molar refractivity (Wildman–Crippen MR) is 97.4 cm³/mol. The van der Waals surface area contributed by atoms with Gasteiger partial charge in [-0.2, -0.15) is 13.2 Å². The fourth-order valence-corrected chi connectivity index (χ4v) is 6.36. The number of benzene rings is 1. The molecule has 0 amide bonds. The summed E-state index contributed by atoms with van der Waals surface area (Å²) in [5.41, 5.74) is -0.176. The highest BCUT2D eigenvalue weighted by Gasteiger charge is 2.60. The van der Waals surface area contributed by atoms with Gasteiger partial charge in [0.1, 0.15) is 5.75 Å². The average molecular weight is 379 g/mol. The summed E-state index contributed by atoms with van der Waals surface area (Å²) in [6.07, 6.45) is 1.28. The quantitative estimate of drug-likeness (QED) is 0.630. The lowest BCUT2D eigenvalue weighted by Gasteiger charge is -2.61. The van der Waals surface area contributed by atoms with Crippen LogP contribution in [-0.4, -0.2) is 5.72 Å². The van der Waals surface area contributed by atoms with Crippen LogP contribution in [0.4, 0.5) is 13.2 Å². The number of nitrogens with one attached hydrogen (secondary N) is 1. The van der Waals surface area contributed by atoms with Crippen molar-refractivity contribution < 1.29 is 17.9 Å². The Balaban J connectivity index is 1.60. The molecule has 1 spiro atoms. The molecule has 0 saturated heterocycles. The molecule has 1 heterocycles. The third-order valence-corrected chi connectivity index (χ3v) is 7.51. The van der Waals surface area contributed by atoms with Gasteiger partial charge in [0.25, 0.3) is 0 Å². The highest BCUT2D eigenvalue weighted by molar-refractivity contribution is 5.49. The third-order valence-electron chi connectivity index (χ3n) is 7.51. The van der Waals surface area contributed by atoms with Crippen LogP contribution in [0.5, 0.6) is 5.75 Å². The predicted octanol–water partition coefficient (Wildman–Crippen LogP) is 5.64. The lowest BCUT2D eigenvalue weighted by atomic mass is 9.52. The Morgan fingerprint density at radius 2 is 1.56 bits per heavy atom. The van der Waals surface area contributed by atoms with Gasteiger partial charge in [0, 0.05) is 23.9 Å². The number of halogens is 3. The maximum atomic E-state index is 14.0. The molecule has 2 nitrogen and oxygen atoms in total. The molecule has 148 valence electrons. The summed E-state index contributed by atoms with van der Waals surface area (Å²) in [4.78, 5) is 0. The minimum Gasteiger partial charge on any atom is -0.471 e. The van der Waals surface area contributed by atoms with Crippen molar-refractivity contribution in [2.45, 2.75) is 76.7 Å². The van der Waals surface area contributed by atoms with Gasteiger partial charge in [0.2, 0.25) is 0 Å². The van der Waals surface area contributed by atoms with Crippen molar-refractivity contribution in [2.75, 3.05) is 0 Å². The number of rotatable bonds is 0. The molecule has 0 radical (unpaired) electrons. The summed E-state index contributed by atoms with van der Waals surface area (Å²) in [5, 5.41) is 3.60. The van der Waals surface area contributed by atoms with E-state index >= 15 is 0 Å². The Morgan fingerprint density at radius 1 is 0.963 bits per heavy atom. The first-order valence-electron chi connectivity index (χ1n) is 10.2. The summed E-state index contributed by atoms with van der Waals surface area (Å²) < 4.78 is 48.3. The van der Waals surface area contributed by atoms with Crippen LogP contribution in [-0.2, 0) is 18.1 Å². The maximum Gasteiger partial charge on any atom is 0.419 e. The van der Waals surface area contributed by atoms with Crippen molar-refractivity contribution in [3.63, 3.8) is 0 Å². The first-order valence-corrected chi connectivity index (χ1v) is 10.2. The van der Waals surface area contributed by atoms with Crippen LogP contribution >= 0.6 is 0 Å². The van der Waals surface area contributed by atoms with E-state index in [1.165, 1.54) is 12.5 Å². The van der Waals surface area contributed by atoms with E-state index < -0.39 is 17.5 Å². The van der Waals surface area contributed by atoms with Crippen LogP contribution in [0, 0.1) is 23.7 Å². The Labute approximate surface area is 158 Å². The molecule has 1 N–H and O–H groups in total. The zero-order valence-corrected chi connectivity index (χ0v) is 16.2. The summed E-state index contributed by atoms with van der Waals surface area (Å²) in [6.45, 7) is 6.31. The molecule has 1 aromatic carbocycles. The van der Waals surface area contributed by atoms with Crippen LogP contribution in [0.15, 0.2) is 12.1 Å². The van der Waals surface area contributed by atoms with E-state index in [0.29, 0.717) is 29.5 Å². The second-order valence-electron chi connectivity index (χ2n) is 10.3. The van der Waals surface area contributed by atoms with Crippen molar-refractivity contribution >= 4 is 0 Å². The molecule has 4 fully saturated rings. The Bertz CT molecular complexity index is 749. The molecule has 0 unspecified atom stereocenters. The van der Waals surface area contributed by atoms with Crippen molar-refractivity contribution in [3.8, 4) is 5.75 Å². The topological polar surface area (TPSA) is 21.3 Å². The van der Waals surface area contributed by atoms with Crippen molar-refractivity contribution in [3.05, 3.63) is 28.8 Å². The van der Waals surface area contributed by atoms with Gasteiger partial charge in [-0.1, -0.05) is 26.8 Å². The number of ether oxygens (including phenoxy) is 1. The Kier molecular flexibility index (Phi) is 3.59. The molecule has 5 heteroatoms. The number of fused-ring (bicyclic) bond motifs is 1. The van der Waals surface area contributed by atoms with Gasteiger partial charge in [-0.25, -0.2) is 0 Å². The number of hydrogen-bond acceptors (Lipinski definition) is 2. The molecule has 4 aliphatic carbocycles. The molecule has 4 saturated carbocycles. The van der Waals surface area contributed by atoms with E-state index in [2.05, 4.69) is 5.32 Å². The fraction of sp³-hybridized carbons (Fsp3) is 0.727. The van der Waals surface area contributed by atoms with Gasteiger partial charge in [0.15, 0.2) is 5.72 Å². The molecule has 0 aromatic heterocycles. The van der Waals surface area contributed by atoms with Crippen LogP contribution in [0.1, 0.15) is 69.6 Å². The van der Waals surface area contributed by atoms with Gasteiger partial charge < -0.3 is 4.74 Å². The van der Waals surface area contributed by atoms with E-state index in [9.17, 15) is 13.2 Å². The zero-order valence-electron chi connectivity index (χ0n) is 16.2. The number of hydrogen-bond donors (Lipinski definition) is 1. The molecule has 27 heavy (non-hydrogen) atoms. The summed E-state index contributed by atoms with van der Waals surface area (Å²) >= 11 is 0. The molecule has 0 atom stereocenters. The normalized spacial score (nSPS) is 37.4. The van der Waals surface area contributed by atoms with Gasteiger partial charge in [-0.3, -0.25) is 5.32 Å². The minimum absolute atomic E-state index is 0.0849. The second-order valence-corrected chi connectivity index (χ2v) is 10.3. The smallest absolute Gasteiger partial charge is 0.419 e. The first-order chi connectivity index (χ1) is 12.6. The van der Waals surface area contributed by atoms with Gasteiger partial charge in [0.05, 0.1) is 5.56 Å². The highest BCUT2D eigenvalue weighted by Crippen LogP contribution is 2.60. The summed E-state index contributed by atoms with van der Waals surface area (Å²) in [6, 6.07) is 3.22. The lowest BCUT2D eigenvalue weighted by molar-refractivity contribution is -0.187. The monoisotopic (exact) mass is 379 g/mol. The van der Waals surface area contributed by atoms with E-state index in [1.54, 1.807) is 0 Å². The second kappa shape index (κ2) is 5.43. The van der Waals surface area contributed by atoms with Crippen LogP contribution in [0.25, 0.3) is 0 Å². The van der Waals surface area contributed by atoms with E-state index in [-0.39, 0.29) is 11.2 Å². The standard InChI is InChI=1S/C22H28F3NO/c1-20(2,3)15-9-14-11-26-21(27-19(14)18(10-15)22(23,24)25)16-5-12-4-13(7-16)8-17(21)6-12/h9-10,12-13,16-17,26H,4-8,11H2,1-3H3. The zero-order chi connectivity index (χ0) is 19.2. The van der Waals surface area contributed by atoms with Crippen molar-refractivity contribution in [1.29, 1.82) is 0 Å². The molecule has 1 aromatic rings. The minimum atomic E-state index is -4.41. The first kappa shape index (κ1) is 17.8. The highest BCUT2D eigenvalue weighted by atomic mass is 19.4. The molecular formula is C22H28F3NO. The fourth-order valence-electron chi connectivity index (χ4n) is 6.36. The van der Waals surface area contributed by atoms with E-state index in [1.807, 2.05) is 26.8 Å². The maximum absolute atomic E-state index is 14.0. The molecule has 4 bridgehead atoms. The summed E-state index contributed by atoms with van der Waals surface area (Å²) in [5.74, 6) is 2.25. The summed E-state index contributed by atoms with van der Waals surface area (Å²) in [7, 11) is 0. The lowest BCUT2D eigenvalue weighted by Crippen LogP contribution is -2.69. The van der Waals surface area contributed by atoms with Crippen LogP contribution in [0.3, 0.4) is 0 Å². The van der Waals surface area contributed by atoms with Gasteiger partial charge in [-0.05, 0) is 61.0 Å². The van der Waals surface area contributed by atoms with Crippen LogP contribution in [0.2, 0.25) is 0 Å². The Morgan fingerprint density at radius 3 is 2.07 bits per heavy atom. The SMILES string of the molecule is CC(C)(C)c1cc2c(c(C(F)(F)F)c1)OC1(NC2)C2CC3CC(C2)CC1C3. The largest absolute Gasteiger partial charge is 0.471 e. The molecule has 5 aliphatic rings. The van der Waals surface area contributed by atoms with E-state index in [4.69, 9.17) is 4.74 Å². The average Bonchev–Trinajstić information content (AvgIpc) is 2.56. The molecule has 6 rings (SSSR count). The van der Waals surface area contributed by atoms with Gasteiger partial charge in [-0.15, -0.1) is 0 Å². The molecule has 1 aliphatic heterocycles. The van der Waals surface area contributed by atoms with Crippen molar-refractivity contribution in [2.24, 2.45) is 23.7 Å². The van der Waals surface area contributed by atoms with Gasteiger partial charge >= 0.3 is 6.18 Å². The Hall–Kier alpha value is -1.23. The van der Waals surface area contributed by atoms with Crippen molar-refractivity contribution in [1.82, 2.24) is 5.32 Å². The number of alkyl halides is 3.